The Labute approximate surface area is 160 Å². The molecule has 2 aromatic carbocycles. The average Bonchev–Trinajstić information content (AvgIpc) is 2.88. The zero-order valence-electron chi connectivity index (χ0n) is 14.2. The third kappa shape index (κ3) is 3.96. The van der Waals surface area contributed by atoms with Gasteiger partial charge < -0.3 is 0 Å². The summed E-state index contributed by atoms with van der Waals surface area (Å²) in [5, 5.41) is 4.22. The predicted molar refractivity (Wildman–Crippen MR) is 102 cm³/mol. The van der Waals surface area contributed by atoms with Crippen molar-refractivity contribution in [3.8, 4) is 0 Å². The molecular formula is C18H17BrFN3O2S. The highest BCUT2D eigenvalue weighted by molar-refractivity contribution is 9.10. The van der Waals surface area contributed by atoms with Gasteiger partial charge in [-0.1, -0.05) is 35.9 Å². The number of benzene rings is 2. The van der Waals surface area contributed by atoms with Gasteiger partial charge >= 0.3 is 0 Å². The first kappa shape index (κ1) is 18.6. The van der Waals surface area contributed by atoms with Crippen molar-refractivity contribution in [1.82, 2.24) is 9.78 Å². The van der Waals surface area contributed by atoms with Gasteiger partial charge in [-0.2, -0.15) is 5.10 Å². The molecular weight excluding hydrogens is 421 g/mol. The molecule has 26 heavy (non-hydrogen) atoms. The molecule has 1 N–H and O–H groups in total. The second kappa shape index (κ2) is 7.20. The molecule has 0 amide bonds. The number of halogens is 2. The van der Waals surface area contributed by atoms with Crippen molar-refractivity contribution < 1.29 is 12.8 Å². The summed E-state index contributed by atoms with van der Waals surface area (Å²) in [6, 6.07) is 11.5. The number of hydrogen-bond donors (Lipinski definition) is 1. The first-order valence-corrected chi connectivity index (χ1v) is 10.1. The first-order chi connectivity index (χ1) is 12.3. The summed E-state index contributed by atoms with van der Waals surface area (Å²) in [5.74, 6) is -0.183. The van der Waals surface area contributed by atoms with Crippen LogP contribution in [0.5, 0.6) is 0 Å². The minimum absolute atomic E-state index is 0.154. The van der Waals surface area contributed by atoms with E-state index in [1.165, 1.54) is 10.7 Å². The monoisotopic (exact) mass is 437 g/mol. The quantitative estimate of drug-likeness (QED) is 0.648. The van der Waals surface area contributed by atoms with Gasteiger partial charge in [-0.25, -0.2) is 12.8 Å². The summed E-state index contributed by atoms with van der Waals surface area (Å²) in [6.07, 6.45) is 1.60. The number of aromatic nitrogens is 2. The Hall–Kier alpha value is -2.19. The van der Waals surface area contributed by atoms with Gasteiger partial charge in [0.25, 0.3) is 10.0 Å². The van der Waals surface area contributed by atoms with Crippen LogP contribution in [0.2, 0.25) is 0 Å². The van der Waals surface area contributed by atoms with Crippen LogP contribution < -0.4 is 4.72 Å². The van der Waals surface area contributed by atoms with E-state index in [2.05, 4.69) is 25.8 Å². The molecule has 0 bridgehead atoms. The Morgan fingerprint density at radius 3 is 2.62 bits per heavy atom. The molecule has 0 aliphatic heterocycles. The van der Waals surface area contributed by atoms with E-state index < -0.39 is 10.0 Å². The fourth-order valence-corrected chi connectivity index (χ4v) is 4.42. The Morgan fingerprint density at radius 1 is 1.19 bits per heavy atom. The number of nitrogens with one attached hydrogen (secondary N) is 1. The lowest BCUT2D eigenvalue weighted by atomic mass is 10.2. The van der Waals surface area contributed by atoms with Gasteiger partial charge in [-0.15, -0.1) is 0 Å². The fraction of sp³-hybridized carbons (Fsp3) is 0.167. The standard InChI is InChI=1S/C18H17BrFN3O2S/c1-12-7-8-17(13(2)9-12)26(24,25)22-18-15(19)11-23(21-18)10-14-5-3-4-6-16(14)20/h3-9,11H,10H2,1-2H3,(H,21,22). The lowest BCUT2D eigenvalue weighted by Crippen LogP contribution is -2.15. The molecule has 0 radical (unpaired) electrons. The highest BCUT2D eigenvalue weighted by Gasteiger charge is 2.20. The number of sulfonamides is 1. The fourth-order valence-electron chi connectivity index (χ4n) is 2.63. The van der Waals surface area contributed by atoms with Gasteiger partial charge in [0.15, 0.2) is 5.82 Å². The molecule has 0 saturated heterocycles. The summed E-state index contributed by atoms with van der Waals surface area (Å²) in [4.78, 5) is 0.193. The zero-order valence-corrected chi connectivity index (χ0v) is 16.6. The molecule has 0 spiro atoms. The summed E-state index contributed by atoms with van der Waals surface area (Å²) in [7, 11) is -3.78. The molecule has 8 heteroatoms. The lowest BCUT2D eigenvalue weighted by Gasteiger charge is -2.09. The summed E-state index contributed by atoms with van der Waals surface area (Å²) >= 11 is 3.30. The van der Waals surface area contributed by atoms with Crippen molar-refractivity contribution in [2.75, 3.05) is 4.72 Å². The van der Waals surface area contributed by atoms with Crippen LogP contribution in [0.15, 0.2) is 58.0 Å². The second-order valence-electron chi connectivity index (χ2n) is 5.99. The largest absolute Gasteiger partial charge is 0.265 e. The number of rotatable bonds is 5. The van der Waals surface area contributed by atoms with Crippen molar-refractivity contribution in [3.05, 3.63) is 75.6 Å². The minimum Gasteiger partial charge on any atom is -0.265 e. The maximum absolute atomic E-state index is 13.8. The molecule has 1 heterocycles. The van der Waals surface area contributed by atoms with E-state index in [4.69, 9.17) is 0 Å². The molecule has 0 atom stereocenters. The molecule has 3 aromatic rings. The topological polar surface area (TPSA) is 64.0 Å². The van der Waals surface area contributed by atoms with Crippen LogP contribution >= 0.6 is 15.9 Å². The van der Waals surface area contributed by atoms with Gasteiger partial charge in [-0.3, -0.25) is 9.40 Å². The maximum atomic E-state index is 13.8. The Bertz CT molecular complexity index is 1060. The number of aryl methyl sites for hydroxylation is 2. The molecule has 136 valence electrons. The minimum atomic E-state index is -3.78. The Kier molecular flexibility index (Phi) is 5.15. The van der Waals surface area contributed by atoms with E-state index >= 15 is 0 Å². The van der Waals surface area contributed by atoms with Crippen molar-refractivity contribution in [2.45, 2.75) is 25.3 Å². The van der Waals surface area contributed by atoms with Crippen LogP contribution in [-0.4, -0.2) is 18.2 Å². The predicted octanol–water partition coefficient (Wildman–Crippen LogP) is 4.25. The van der Waals surface area contributed by atoms with Crippen molar-refractivity contribution >= 4 is 31.8 Å². The molecule has 1 aromatic heterocycles. The van der Waals surface area contributed by atoms with Gasteiger partial charge in [0.2, 0.25) is 0 Å². The van der Waals surface area contributed by atoms with Crippen LogP contribution in [0.1, 0.15) is 16.7 Å². The van der Waals surface area contributed by atoms with Gasteiger partial charge in [0.05, 0.1) is 15.9 Å². The van der Waals surface area contributed by atoms with E-state index in [9.17, 15) is 12.8 Å². The number of nitrogens with zero attached hydrogens (tertiary/aromatic N) is 2. The van der Waals surface area contributed by atoms with E-state index in [0.29, 0.717) is 15.6 Å². The summed E-state index contributed by atoms with van der Waals surface area (Å²) in [6.45, 7) is 3.84. The van der Waals surface area contributed by atoms with Crippen molar-refractivity contribution in [1.29, 1.82) is 0 Å². The highest BCUT2D eigenvalue weighted by Crippen LogP contribution is 2.25. The van der Waals surface area contributed by atoms with Gasteiger partial charge in [0.1, 0.15) is 5.82 Å². The van der Waals surface area contributed by atoms with Gasteiger partial charge in [0, 0.05) is 11.8 Å². The number of anilines is 1. The van der Waals surface area contributed by atoms with E-state index in [1.807, 2.05) is 6.92 Å². The van der Waals surface area contributed by atoms with E-state index in [-0.39, 0.29) is 23.1 Å². The first-order valence-electron chi connectivity index (χ1n) is 7.83. The number of hydrogen-bond acceptors (Lipinski definition) is 3. The van der Waals surface area contributed by atoms with E-state index in [0.717, 1.165) is 5.56 Å². The lowest BCUT2D eigenvalue weighted by molar-refractivity contribution is 0.585. The molecule has 3 rings (SSSR count). The Balaban J connectivity index is 1.86. The van der Waals surface area contributed by atoms with Crippen LogP contribution in [0, 0.1) is 19.7 Å². The molecule has 0 aliphatic rings. The van der Waals surface area contributed by atoms with Crippen LogP contribution in [-0.2, 0) is 16.6 Å². The molecule has 0 fully saturated rings. The summed E-state index contributed by atoms with van der Waals surface area (Å²) in [5.41, 5.74) is 2.10. The maximum Gasteiger partial charge on any atom is 0.263 e. The smallest absolute Gasteiger partial charge is 0.263 e. The van der Waals surface area contributed by atoms with Crippen LogP contribution in [0.4, 0.5) is 10.2 Å². The van der Waals surface area contributed by atoms with Crippen molar-refractivity contribution in [2.24, 2.45) is 0 Å². The summed E-state index contributed by atoms with van der Waals surface area (Å²) < 4.78 is 43.6. The third-order valence-electron chi connectivity index (χ3n) is 3.86. The normalized spacial score (nSPS) is 11.5. The van der Waals surface area contributed by atoms with Gasteiger partial charge in [-0.05, 0) is 47.5 Å². The highest BCUT2D eigenvalue weighted by atomic mass is 79.9. The molecule has 0 aliphatic carbocycles. The van der Waals surface area contributed by atoms with Crippen LogP contribution in [0.25, 0.3) is 0 Å². The SMILES string of the molecule is Cc1ccc(S(=O)(=O)Nc2nn(Cc3ccccc3F)cc2Br)c(C)c1. The third-order valence-corrected chi connectivity index (χ3v) is 5.94. The van der Waals surface area contributed by atoms with Crippen molar-refractivity contribution in [3.63, 3.8) is 0 Å². The average molecular weight is 438 g/mol. The second-order valence-corrected chi connectivity index (χ2v) is 8.49. The van der Waals surface area contributed by atoms with Crippen LogP contribution in [0.3, 0.4) is 0 Å². The molecule has 0 saturated carbocycles. The molecule has 0 unspecified atom stereocenters. The molecule has 5 nitrogen and oxygen atoms in total. The Morgan fingerprint density at radius 2 is 1.92 bits per heavy atom. The van der Waals surface area contributed by atoms with E-state index in [1.54, 1.807) is 49.5 Å². The zero-order chi connectivity index (χ0) is 18.9.